The number of anilines is 2. The van der Waals surface area contributed by atoms with Gasteiger partial charge in [0.15, 0.2) is 0 Å². The molecular weight excluding hydrogens is 917 g/mol. The number of piperazine rings is 2. The molecule has 14 heteroatoms. The minimum absolute atomic E-state index is 0.0146. The third-order valence-corrected chi connectivity index (χ3v) is 13.1. The summed E-state index contributed by atoms with van der Waals surface area (Å²) in [5.41, 5.74) is 7.11. The Morgan fingerprint density at radius 1 is 0.697 bits per heavy atom. The van der Waals surface area contributed by atoms with Crippen molar-refractivity contribution in [3.8, 4) is 17.6 Å². The molecule has 3 heterocycles. The lowest BCUT2D eigenvalue weighted by atomic mass is 9.97. The molecule has 0 unspecified atom stereocenters. The SMILES string of the molecule is C[C@H]1CN(Cc2ccc(C#[N+]CCCOc3ccc(N4CCN(Cc5ccc(F)cn5)C[C@H]4c4ccc(Cl)cc4)c(Cl)c3)cc2)C[C@@H](c2ccc(Cl)cc2)N1c1ccc(OCCO)cc1Cl. The molecule has 0 saturated carbocycles. The zero-order valence-corrected chi connectivity index (χ0v) is 39.7. The van der Waals surface area contributed by atoms with Crippen molar-refractivity contribution in [2.24, 2.45) is 0 Å². The van der Waals surface area contributed by atoms with Gasteiger partial charge in [-0.05, 0) is 96.4 Å². The lowest BCUT2D eigenvalue weighted by molar-refractivity contribution is 0.187. The highest BCUT2D eigenvalue weighted by atomic mass is 35.5. The largest absolute Gasteiger partial charge is 0.493 e. The molecule has 0 radical (unpaired) electrons. The van der Waals surface area contributed by atoms with Gasteiger partial charge in [-0.15, -0.1) is 0 Å². The summed E-state index contributed by atoms with van der Waals surface area (Å²) in [6, 6.07) is 42.6. The van der Waals surface area contributed by atoms with Crippen molar-refractivity contribution >= 4 is 57.8 Å². The number of nitrogens with zero attached hydrogens (tertiary/aromatic N) is 6. The van der Waals surface area contributed by atoms with Crippen molar-refractivity contribution in [3.63, 3.8) is 0 Å². The number of benzene rings is 5. The van der Waals surface area contributed by atoms with Crippen molar-refractivity contribution in [2.75, 3.05) is 68.9 Å². The zero-order valence-electron chi connectivity index (χ0n) is 36.7. The van der Waals surface area contributed by atoms with Crippen molar-refractivity contribution in [1.29, 1.82) is 0 Å². The maximum absolute atomic E-state index is 13.5. The zero-order chi connectivity index (χ0) is 46.0. The lowest BCUT2D eigenvalue weighted by Crippen LogP contribution is -2.53. The Balaban J connectivity index is 0.834. The van der Waals surface area contributed by atoms with E-state index in [1.807, 2.05) is 60.7 Å². The molecule has 0 spiro atoms. The summed E-state index contributed by atoms with van der Waals surface area (Å²) in [5.74, 6) is 0.991. The Hall–Kier alpha value is -5.09. The van der Waals surface area contributed by atoms with Crippen LogP contribution in [0.4, 0.5) is 15.8 Å². The van der Waals surface area contributed by atoms with Crippen LogP contribution in [0, 0.1) is 11.9 Å². The molecule has 8 rings (SSSR count). The average Bonchev–Trinajstić information content (AvgIpc) is 3.31. The standard InChI is InChI=1S/C52H52Cl4FN6O3/c1-36-31-61(35-52(40-9-13-42(54)14-10-40)63(36)50-20-18-46(28-48(50)56)66-26-24-64)32-38-5-3-37(4-6-38)29-58-21-2-25-65-45-17-19-49(47(55)27-45)62-23-22-60(33-44-16-15-43(57)30-59-44)34-51(62)39-7-11-41(53)12-8-39/h3-20,27-28,30,36,51-52,64H,2,21-26,31-35H2,1H3/q+1/t36-,51-,52-/m0/s1. The Kier molecular flexibility index (Phi) is 16.2. The van der Waals surface area contributed by atoms with Crippen molar-refractivity contribution in [2.45, 2.75) is 44.6 Å². The first kappa shape index (κ1) is 47.4. The van der Waals surface area contributed by atoms with E-state index in [4.69, 9.17) is 55.9 Å². The van der Waals surface area contributed by atoms with Crippen LogP contribution in [0.5, 0.6) is 11.5 Å². The van der Waals surface area contributed by atoms with Crippen molar-refractivity contribution in [1.82, 2.24) is 14.8 Å². The van der Waals surface area contributed by atoms with Crippen LogP contribution >= 0.6 is 46.4 Å². The molecule has 1 aromatic heterocycles. The number of rotatable bonds is 15. The number of hydrogen-bond acceptors (Lipinski definition) is 8. The fraction of sp³-hybridized carbons (Fsp3) is 0.308. The van der Waals surface area contributed by atoms with Gasteiger partial charge >= 0.3 is 6.07 Å². The maximum Gasteiger partial charge on any atom is 0.311 e. The first-order valence-corrected chi connectivity index (χ1v) is 23.7. The van der Waals surface area contributed by atoms with E-state index in [9.17, 15) is 9.50 Å². The maximum atomic E-state index is 13.5. The number of hydrogen-bond donors (Lipinski definition) is 1. The summed E-state index contributed by atoms with van der Waals surface area (Å²) in [4.78, 5) is 18.4. The van der Waals surface area contributed by atoms with Crippen molar-refractivity contribution < 1.29 is 19.0 Å². The van der Waals surface area contributed by atoms with Crippen molar-refractivity contribution in [3.05, 3.63) is 186 Å². The van der Waals surface area contributed by atoms with E-state index in [0.717, 1.165) is 79.4 Å². The monoisotopic (exact) mass is 967 g/mol. The van der Waals surface area contributed by atoms with Gasteiger partial charge in [-0.25, -0.2) is 4.39 Å². The van der Waals surface area contributed by atoms with E-state index in [2.05, 4.69) is 91.0 Å². The molecule has 6 aromatic rings. The van der Waals surface area contributed by atoms with Gasteiger partial charge in [-0.3, -0.25) is 14.8 Å². The smallest absolute Gasteiger partial charge is 0.311 e. The van der Waals surface area contributed by atoms with Gasteiger partial charge in [0.2, 0.25) is 0 Å². The second-order valence-corrected chi connectivity index (χ2v) is 18.4. The predicted octanol–water partition coefficient (Wildman–Crippen LogP) is 11.9. The van der Waals surface area contributed by atoms with Crippen LogP contribution < -0.4 is 19.3 Å². The molecule has 2 aliphatic heterocycles. The molecule has 1 N–H and O–H groups in total. The van der Waals surface area contributed by atoms with E-state index in [1.54, 1.807) is 6.07 Å². The molecule has 0 amide bonds. The Morgan fingerprint density at radius 2 is 1.33 bits per heavy atom. The van der Waals surface area contributed by atoms with Crippen LogP contribution in [0.25, 0.3) is 4.85 Å². The van der Waals surface area contributed by atoms with Crippen LogP contribution in [0.1, 0.15) is 53.4 Å². The van der Waals surface area contributed by atoms with Crippen LogP contribution in [-0.4, -0.2) is 85.0 Å². The molecule has 9 nitrogen and oxygen atoms in total. The van der Waals surface area contributed by atoms with Gasteiger partial charge in [0, 0.05) is 74.0 Å². The first-order chi connectivity index (χ1) is 32.1. The summed E-state index contributed by atoms with van der Waals surface area (Å²) >= 11 is 26.4. The number of halogens is 5. The molecule has 0 aliphatic carbocycles. The van der Waals surface area contributed by atoms with Gasteiger partial charge in [-0.2, -0.15) is 0 Å². The molecule has 3 atom stereocenters. The molecule has 2 fully saturated rings. The van der Waals surface area contributed by atoms with Crippen LogP contribution in [0.2, 0.25) is 20.1 Å². The van der Waals surface area contributed by atoms with E-state index in [1.165, 1.54) is 17.8 Å². The van der Waals surface area contributed by atoms with Gasteiger partial charge in [0.05, 0.1) is 65.0 Å². The highest BCUT2D eigenvalue weighted by Crippen LogP contribution is 2.41. The van der Waals surface area contributed by atoms with Gasteiger partial charge in [0.25, 0.3) is 6.54 Å². The highest BCUT2D eigenvalue weighted by molar-refractivity contribution is 6.34. The molecule has 66 heavy (non-hydrogen) atoms. The molecule has 2 saturated heterocycles. The first-order valence-electron chi connectivity index (χ1n) is 22.2. The highest BCUT2D eigenvalue weighted by Gasteiger charge is 2.35. The summed E-state index contributed by atoms with van der Waals surface area (Å²) in [6.45, 7) is 8.76. The fourth-order valence-corrected chi connectivity index (χ4v) is 9.62. The number of pyridine rings is 1. The second-order valence-electron chi connectivity index (χ2n) is 16.7. The number of ether oxygens (including phenoxy) is 2. The third kappa shape index (κ3) is 12.3. The van der Waals surface area contributed by atoms with E-state index in [0.29, 0.717) is 51.3 Å². The Bertz CT molecular complexity index is 2600. The van der Waals surface area contributed by atoms with Crippen LogP contribution in [0.3, 0.4) is 0 Å². The third-order valence-electron chi connectivity index (χ3n) is 11.9. The van der Waals surface area contributed by atoms with Crippen LogP contribution in [-0.2, 0) is 13.1 Å². The quantitative estimate of drug-likeness (QED) is 0.102. The number of aromatic nitrogens is 1. The van der Waals surface area contributed by atoms with E-state index < -0.39 is 0 Å². The molecule has 5 aromatic carbocycles. The molecule has 2 aliphatic rings. The van der Waals surface area contributed by atoms with Crippen LogP contribution in [0.15, 0.2) is 128 Å². The average molecular weight is 970 g/mol. The minimum Gasteiger partial charge on any atom is -0.493 e. The normalized spacial score (nSPS) is 17.9. The summed E-state index contributed by atoms with van der Waals surface area (Å²) in [5, 5.41) is 11.8. The summed E-state index contributed by atoms with van der Waals surface area (Å²) in [6.07, 6.45) is 1.99. The topological polar surface area (TPSA) is 68.9 Å². The van der Waals surface area contributed by atoms with Gasteiger partial charge in [0.1, 0.15) is 29.5 Å². The fourth-order valence-electron chi connectivity index (χ4n) is 8.82. The van der Waals surface area contributed by atoms with Gasteiger partial charge in [-0.1, -0.05) is 87.6 Å². The van der Waals surface area contributed by atoms with Gasteiger partial charge < -0.3 is 24.4 Å². The Labute approximate surface area is 406 Å². The lowest BCUT2D eigenvalue weighted by Gasteiger charge is -2.47. The molecule has 0 bridgehead atoms. The minimum atomic E-state index is -0.340. The second kappa shape index (κ2) is 22.6. The Morgan fingerprint density at radius 3 is 1.97 bits per heavy atom. The van der Waals surface area contributed by atoms with E-state index in [-0.39, 0.29) is 37.2 Å². The molecule has 342 valence electrons. The predicted molar refractivity (Wildman–Crippen MR) is 266 cm³/mol. The summed E-state index contributed by atoms with van der Waals surface area (Å²) in [7, 11) is 0. The number of aliphatic hydroxyl groups excluding tert-OH is 1. The number of aliphatic hydroxyl groups is 1. The summed E-state index contributed by atoms with van der Waals surface area (Å²) < 4.78 is 25.2. The molecular formula is C52H52Cl4FN6O3+. The van der Waals surface area contributed by atoms with E-state index >= 15 is 0 Å².